The lowest BCUT2D eigenvalue weighted by molar-refractivity contribution is 0.567. The van der Waals surface area contributed by atoms with E-state index in [1.165, 1.54) is 16.7 Å². The SMILES string of the molecule is Cc1ccc(Cc2n[nH]c(=S)n2C(C)C)cc1C. The van der Waals surface area contributed by atoms with Crippen molar-refractivity contribution in [3.05, 3.63) is 45.5 Å². The van der Waals surface area contributed by atoms with E-state index in [-0.39, 0.29) is 0 Å². The molecule has 18 heavy (non-hydrogen) atoms. The van der Waals surface area contributed by atoms with Gasteiger partial charge in [-0.2, -0.15) is 5.10 Å². The first kappa shape index (κ1) is 13.0. The molecule has 0 atom stereocenters. The van der Waals surface area contributed by atoms with Gasteiger partial charge in [0.2, 0.25) is 0 Å². The fourth-order valence-electron chi connectivity index (χ4n) is 2.09. The molecule has 1 N–H and O–H groups in total. The van der Waals surface area contributed by atoms with Crippen molar-refractivity contribution in [2.24, 2.45) is 0 Å². The molecule has 0 aliphatic heterocycles. The summed E-state index contributed by atoms with van der Waals surface area (Å²) in [6.45, 7) is 8.51. The molecule has 96 valence electrons. The molecule has 0 aliphatic rings. The van der Waals surface area contributed by atoms with E-state index in [4.69, 9.17) is 12.2 Å². The second-order valence-corrected chi connectivity index (χ2v) is 5.39. The Labute approximate surface area is 113 Å². The van der Waals surface area contributed by atoms with Crippen molar-refractivity contribution >= 4 is 12.2 Å². The molecule has 0 fully saturated rings. The van der Waals surface area contributed by atoms with Crippen molar-refractivity contribution in [3.63, 3.8) is 0 Å². The molecule has 0 bridgehead atoms. The number of aromatic nitrogens is 3. The summed E-state index contributed by atoms with van der Waals surface area (Å²) in [5.41, 5.74) is 3.91. The lowest BCUT2D eigenvalue weighted by atomic mass is 10.0. The van der Waals surface area contributed by atoms with Crippen LogP contribution in [0.2, 0.25) is 0 Å². The Bertz CT molecular complexity index is 608. The first-order valence-electron chi connectivity index (χ1n) is 6.21. The van der Waals surface area contributed by atoms with Crippen molar-refractivity contribution in [3.8, 4) is 0 Å². The number of hydrogen-bond donors (Lipinski definition) is 1. The summed E-state index contributed by atoms with van der Waals surface area (Å²) in [6, 6.07) is 6.87. The average Bonchev–Trinajstić information content (AvgIpc) is 2.65. The average molecular weight is 261 g/mol. The molecule has 4 heteroatoms. The Morgan fingerprint density at radius 1 is 1.28 bits per heavy atom. The molecule has 1 heterocycles. The summed E-state index contributed by atoms with van der Waals surface area (Å²) in [5.74, 6) is 0.998. The molecule has 1 aromatic heterocycles. The quantitative estimate of drug-likeness (QED) is 0.854. The van der Waals surface area contributed by atoms with Crippen LogP contribution in [0.15, 0.2) is 18.2 Å². The van der Waals surface area contributed by atoms with Gasteiger partial charge in [-0.05, 0) is 56.6 Å². The minimum Gasteiger partial charge on any atom is -0.301 e. The largest absolute Gasteiger partial charge is 0.301 e. The first-order valence-corrected chi connectivity index (χ1v) is 6.61. The molecule has 1 aromatic carbocycles. The van der Waals surface area contributed by atoms with Crippen molar-refractivity contribution < 1.29 is 0 Å². The second kappa shape index (κ2) is 5.06. The number of aryl methyl sites for hydroxylation is 2. The van der Waals surface area contributed by atoms with E-state index in [2.05, 4.69) is 60.7 Å². The third kappa shape index (κ3) is 2.53. The van der Waals surface area contributed by atoms with Crippen molar-refractivity contribution in [1.82, 2.24) is 14.8 Å². The Balaban J connectivity index is 2.34. The zero-order valence-corrected chi connectivity index (χ0v) is 12.1. The smallest absolute Gasteiger partial charge is 0.195 e. The van der Waals surface area contributed by atoms with E-state index in [0.717, 1.165) is 12.2 Å². The van der Waals surface area contributed by atoms with Crippen LogP contribution in [-0.4, -0.2) is 14.8 Å². The fourth-order valence-corrected chi connectivity index (χ4v) is 2.45. The molecule has 2 rings (SSSR count). The molecule has 2 aromatic rings. The predicted molar refractivity (Wildman–Crippen MR) is 76.5 cm³/mol. The number of H-pyrrole nitrogens is 1. The Morgan fingerprint density at radius 2 is 2.00 bits per heavy atom. The number of rotatable bonds is 3. The predicted octanol–water partition coefficient (Wildman–Crippen LogP) is 3.73. The van der Waals surface area contributed by atoms with Crippen LogP contribution in [0.3, 0.4) is 0 Å². The van der Waals surface area contributed by atoms with Crippen LogP contribution >= 0.6 is 12.2 Å². The van der Waals surface area contributed by atoms with Gasteiger partial charge in [0.05, 0.1) is 0 Å². The minimum atomic E-state index is 0.331. The lowest BCUT2D eigenvalue weighted by Crippen LogP contribution is -2.07. The molecule has 0 saturated heterocycles. The van der Waals surface area contributed by atoms with E-state index in [9.17, 15) is 0 Å². The Hall–Kier alpha value is -1.42. The standard InChI is InChI=1S/C14H19N3S/c1-9(2)17-13(15-16-14(17)18)8-12-6-5-10(3)11(4)7-12/h5-7,9H,8H2,1-4H3,(H,16,18). The molecule has 0 unspecified atom stereocenters. The lowest BCUT2D eigenvalue weighted by Gasteiger charge is -2.11. The first-order chi connectivity index (χ1) is 8.49. The summed E-state index contributed by atoms with van der Waals surface area (Å²) in [6.07, 6.45) is 0.812. The van der Waals surface area contributed by atoms with Crippen molar-refractivity contribution in [2.75, 3.05) is 0 Å². The summed E-state index contributed by atoms with van der Waals surface area (Å²) < 4.78 is 2.77. The number of aromatic amines is 1. The van der Waals surface area contributed by atoms with Crippen LogP contribution in [-0.2, 0) is 6.42 Å². The zero-order chi connectivity index (χ0) is 13.3. The van der Waals surface area contributed by atoms with Crippen molar-refractivity contribution in [2.45, 2.75) is 40.2 Å². The molecule has 0 radical (unpaired) electrons. The number of hydrogen-bond acceptors (Lipinski definition) is 2. The Morgan fingerprint density at radius 3 is 2.61 bits per heavy atom. The van der Waals surface area contributed by atoms with Crippen LogP contribution in [0.1, 0.15) is 42.4 Å². The van der Waals surface area contributed by atoms with Gasteiger partial charge in [0.25, 0.3) is 0 Å². The summed E-state index contributed by atoms with van der Waals surface area (Å²) in [4.78, 5) is 0. The maximum absolute atomic E-state index is 5.26. The highest BCUT2D eigenvalue weighted by atomic mass is 32.1. The third-order valence-corrected chi connectivity index (χ3v) is 3.52. The van der Waals surface area contributed by atoms with Gasteiger partial charge < -0.3 is 4.57 Å². The number of benzene rings is 1. The molecule has 3 nitrogen and oxygen atoms in total. The monoisotopic (exact) mass is 261 g/mol. The van der Waals surface area contributed by atoms with Gasteiger partial charge in [0.15, 0.2) is 4.77 Å². The highest BCUT2D eigenvalue weighted by Crippen LogP contribution is 2.15. The van der Waals surface area contributed by atoms with E-state index < -0.39 is 0 Å². The van der Waals surface area contributed by atoms with Crippen LogP contribution in [0.5, 0.6) is 0 Å². The fraction of sp³-hybridized carbons (Fsp3) is 0.429. The van der Waals surface area contributed by atoms with Crippen LogP contribution in [0.4, 0.5) is 0 Å². The van der Waals surface area contributed by atoms with Crippen LogP contribution in [0, 0.1) is 18.6 Å². The normalized spacial score (nSPS) is 11.2. The molecule has 0 saturated carbocycles. The van der Waals surface area contributed by atoms with Gasteiger partial charge in [-0.25, -0.2) is 0 Å². The van der Waals surface area contributed by atoms with Crippen LogP contribution in [0.25, 0.3) is 0 Å². The van der Waals surface area contributed by atoms with Gasteiger partial charge in [-0.15, -0.1) is 0 Å². The Kier molecular flexibility index (Phi) is 3.66. The van der Waals surface area contributed by atoms with Crippen molar-refractivity contribution in [1.29, 1.82) is 0 Å². The topological polar surface area (TPSA) is 33.6 Å². The van der Waals surface area contributed by atoms with Gasteiger partial charge >= 0.3 is 0 Å². The maximum atomic E-state index is 5.26. The van der Waals surface area contributed by atoms with Gasteiger partial charge in [0, 0.05) is 12.5 Å². The molecular weight excluding hydrogens is 242 g/mol. The van der Waals surface area contributed by atoms with Crippen LogP contribution < -0.4 is 0 Å². The maximum Gasteiger partial charge on any atom is 0.195 e. The molecular formula is C14H19N3S. The van der Waals surface area contributed by atoms with E-state index in [1.807, 2.05) is 0 Å². The van der Waals surface area contributed by atoms with Gasteiger partial charge in [-0.1, -0.05) is 18.2 Å². The van der Waals surface area contributed by atoms with E-state index in [0.29, 0.717) is 10.8 Å². The van der Waals surface area contributed by atoms with E-state index in [1.54, 1.807) is 0 Å². The summed E-state index contributed by atoms with van der Waals surface area (Å²) >= 11 is 5.26. The van der Waals surface area contributed by atoms with E-state index >= 15 is 0 Å². The van der Waals surface area contributed by atoms with Gasteiger partial charge in [0.1, 0.15) is 5.82 Å². The zero-order valence-electron chi connectivity index (χ0n) is 11.3. The number of nitrogens with one attached hydrogen (secondary N) is 1. The second-order valence-electron chi connectivity index (χ2n) is 5.00. The third-order valence-electron chi connectivity index (χ3n) is 3.23. The number of nitrogens with zero attached hydrogens (tertiary/aromatic N) is 2. The molecule has 0 spiro atoms. The summed E-state index contributed by atoms with van der Waals surface area (Å²) in [5, 5.41) is 7.21. The molecule has 0 aliphatic carbocycles. The molecule has 0 amide bonds. The minimum absolute atomic E-state index is 0.331. The highest BCUT2D eigenvalue weighted by molar-refractivity contribution is 7.71. The highest BCUT2D eigenvalue weighted by Gasteiger charge is 2.10. The summed E-state index contributed by atoms with van der Waals surface area (Å²) in [7, 11) is 0. The van der Waals surface area contributed by atoms with Gasteiger partial charge in [-0.3, -0.25) is 5.10 Å².